The first-order valence-electron chi connectivity index (χ1n) is 8.16. The fourth-order valence-electron chi connectivity index (χ4n) is 2.12. The molecule has 2 N–H and O–H groups in total. The Morgan fingerprint density at radius 3 is 2.69 bits per heavy atom. The zero-order valence-corrected chi connectivity index (χ0v) is 14.6. The molecule has 2 rings (SSSR count). The van der Waals surface area contributed by atoms with Gasteiger partial charge in [-0.05, 0) is 13.1 Å². The largest absolute Gasteiger partial charge is 0.474 e. The zero-order valence-electron chi connectivity index (χ0n) is 14.6. The molecule has 2 aromatic heterocycles. The standard InChI is InChI=1S/C16H21F2N5O3/c1-3-23(4-2)5-6-25-15-13(18)7-11(10-19-15)20-16(24)21-14-8-12(9-17)26-22-14/h7-8,10H,3-6,9H2,1-2H3,(H2,20,21,22,24). The number of hydrogen-bond acceptors (Lipinski definition) is 6. The van der Waals surface area contributed by atoms with Gasteiger partial charge in [-0.15, -0.1) is 0 Å². The summed E-state index contributed by atoms with van der Waals surface area (Å²) in [6, 6.07) is 1.64. The molecule has 0 aliphatic carbocycles. The van der Waals surface area contributed by atoms with Crippen molar-refractivity contribution in [3.05, 3.63) is 29.9 Å². The fourth-order valence-corrected chi connectivity index (χ4v) is 2.12. The van der Waals surface area contributed by atoms with Gasteiger partial charge in [-0.2, -0.15) is 0 Å². The van der Waals surface area contributed by atoms with Gasteiger partial charge in [-0.25, -0.2) is 18.6 Å². The third-order valence-corrected chi connectivity index (χ3v) is 3.54. The van der Waals surface area contributed by atoms with Crippen LogP contribution < -0.4 is 15.4 Å². The highest BCUT2D eigenvalue weighted by Crippen LogP contribution is 2.18. The molecular weight excluding hydrogens is 348 g/mol. The topological polar surface area (TPSA) is 92.5 Å². The number of pyridine rings is 1. The van der Waals surface area contributed by atoms with E-state index in [1.807, 2.05) is 13.8 Å². The van der Waals surface area contributed by atoms with Gasteiger partial charge in [0.15, 0.2) is 24.1 Å². The number of likely N-dealkylation sites (N-methyl/N-ethyl adjacent to an activating group) is 1. The average Bonchev–Trinajstić information content (AvgIpc) is 3.07. The van der Waals surface area contributed by atoms with E-state index in [1.165, 1.54) is 12.3 Å². The molecule has 0 aromatic carbocycles. The molecule has 10 heteroatoms. The summed E-state index contributed by atoms with van der Waals surface area (Å²) in [6.07, 6.45) is 1.27. The van der Waals surface area contributed by atoms with Crippen LogP contribution in [-0.4, -0.2) is 47.3 Å². The van der Waals surface area contributed by atoms with Crippen molar-refractivity contribution >= 4 is 17.5 Å². The quantitative estimate of drug-likeness (QED) is 0.706. The van der Waals surface area contributed by atoms with Gasteiger partial charge in [-0.1, -0.05) is 19.0 Å². The number of alkyl halides is 1. The maximum Gasteiger partial charge on any atom is 0.324 e. The highest BCUT2D eigenvalue weighted by molar-refractivity contribution is 5.99. The lowest BCUT2D eigenvalue weighted by Gasteiger charge is -2.17. The van der Waals surface area contributed by atoms with E-state index in [4.69, 9.17) is 4.74 Å². The summed E-state index contributed by atoms with van der Waals surface area (Å²) in [4.78, 5) is 17.8. The molecular formula is C16H21F2N5O3. The van der Waals surface area contributed by atoms with E-state index in [2.05, 4.69) is 30.2 Å². The van der Waals surface area contributed by atoms with E-state index in [0.717, 1.165) is 19.2 Å². The second-order valence-electron chi connectivity index (χ2n) is 5.28. The molecule has 0 aliphatic heterocycles. The number of urea groups is 1. The monoisotopic (exact) mass is 369 g/mol. The van der Waals surface area contributed by atoms with Gasteiger partial charge in [0.05, 0.1) is 11.9 Å². The molecule has 142 valence electrons. The fraction of sp³-hybridized carbons (Fsp3) is 0.438. The first-order valence-corrected chi connectivity index (χ1v) is 8.16. The van der Waals surface area contributed by atoms with Crippen LogP contribution in [0.3, 0.4) is 0 Å². The van der Waals surface area contributed by atoms with E-state index in [9.17, 15) is 13.6 Å². The molecule has 0 spiro atoms. The van der Waals surface area contributed by atoms with E-state index in [0.29, 0.717) is 13.2 Å². The predicted octanol–water partition coefficient (Wildman–Crippen LogP) is 3.04. The predicted molar refractivity (Wildman–Crippen MR) is 91.4 cm³/mol. The number of nitrogens with zero attached hydrogens (tertiary/aromatic N) is 3. The van der Waals surface area contributed by atoms with Crippen LogP contribution in [-0.2, 0) is 6.67 Å². The Hall–Kier alpha value is -2.75. The number of carbonyl (C=O) groups is 1. The SMILES string of the molecule is CCN(CC)CCOc1ncc(NC(=O)Nc2cc(CF)on2)cc1F. The highest BCUT2D eigenvalue weighted by atomic mass is 19.1. The van der Waals surface area contributed by atoms with Crippen molar-refractivity contribution in [1.82, 2.24) is 15.0 Å². The second-order valence-corrected chi connectivity index (χ2v) is 5.28. The molecule has 0 saturated carbocycles. The molecule has 8 nitrogen and oxygen atoms in total. The Kier molecular flexibility index (Phi) is 7.27. The molecule has 2 aromatic rings. The van der Waals surface area contributed by atoms with Crippen LogP contribution in [0.15, 0.2) is 22.9 Å². The number of amides is 2. The minimum atomic E-state index is -0.832. The van der Waals surface area contributed by atoms with Crippen LogP contribution in [0.1, 0.15) is 19.6 Å². The number of carbonyl (C=O) groups excluding carboxylic acids is 1. The molecule has 0 unspecified atom stereocenters. The lowest BCUT2D eigenvalue weighted by atomic mass is 10.4. The minimum absolute atomic E-state index is 0.0146. The summed E-state index contributed by atoms with van der Waals surface area (Å²) in [5, 5.41) is 8.18. The van der Waals surface area contributed by atoms with Crippen LogP contribution in [0.25, 0.3) is 0 Å². The zero-order chi connectivity index (χ0) is 18.9. The van der Waals surface area contributed by atoms with Crippen molar-refractivity contribution in [3.8, 4) is 5.88 Å². The first kappa shape index (κ1) is 19.6. The summed E-state index contributed by atoms with van der Waals surface area (Å²) in [5.74, 6) is -0.796. The number of rotatable bonds is 9. The molecule has 0 saturated heterocycles. The summed E-state index contributed by atoms with van der Waals surface area (Å²) >= 11 is 0. The normalized spacial score (nSPS) is 10.8. The third-order valence-electron chi connectivity index (χ3n) is 3.54. The van der Waals surface area contributed by atoms with Crippen LogP contribution in [0.4, 0.5) is 25.1 Å². The number of aromatic nitrogens is 2. The number of halogens is 2. The van der Waals surface area contributed by atoms with Crippen molar-refractivity contribution in [2.45, 2.75) is 20.5 Å². The Bertz CT molecular complexity index is 722. The molecule has 26 heavy (non-hydrogen) atoms. The summed E-state index contributed by atoms with van der Waals surface area (Å²) in [7, 11) is 0. The Labute approximate surface area is 149 Å². The van der Waals surface area contributed by atoms with Gasteiger partial charge >= 0.3 is 6.03 Å². The third kappa shape index (κ3) is 5.66. The van der Waals surface area contributed by atoms with Gasteiger partial charge in [-0.3, -0.25) is 5.32 Å². The minimum Gasteiger partial charge on any atom is -0.474 e. The van der Waals surface area contributed by atoms with Crippen LogP contribution in [0.5, 0.6) is 5.88 Å². The maximum absolute atomic E-state index is 14.0. The van der Waals surface area contributed by atoms with Crippen molar-refractivity contribution in [2.75, 3.05) is 36.9 Å². The molecule has 0 aliphatic rings. The van der Waals surface area contributed by atoms with Crippen molar-refractivity contribution in [1.29, 1.82) is 0 Å². The number of hydrogen-bond donors (Lipinski definition) is 2. The van der Waals surface area contributed by atoms with Crippen LogP contribution >= 0.6 is 0 Å². The summed E-state index contributed by atoms with van der Waals surface area (Å²) in [6.45, 7) is 5.97. The number of ether oxygens (including phenoxy) is 1. The van der Waals surface area contributed by atoms with Gasteiger partial charge in [0.25, 0.3) is 5.88 Å². The Morgan fingerprint density at radius 2 is 2.08 bits per heavy atom. The van der Waals surface area contributed by atoms with Crippen LogP contribution in [0, 0.1) is 5.82 Å². The van der Waals surface area contributed by atoms with Crippen LogP contribution in [0.2, 0.25) is 0 Å². The van der Waals surface area contributed by atoms with E-state index < -0.39 is 18.5 Å². The van der Waals surface area contributed by atoms with Gasteiger partial charge < -0.3 is 19.5 Å². The van der Waals surface area contributed by atoms with Crippen molar-refractivity contribution in [3.63, 3.8) is 0 Å². The van der Waals surface area contributed by atoms with E-state index >= 15 is 0 Å². The molecule has 2 heterocycles. The molecule has 0 fully saturated rings. The molecule has 0 radical (unpaired) electrons. The summed E-state index contributed by atoms with van der Waals surface area (Å²) < 4.78 is 36.3. The molecule has 2 amide bonds. The lowest BCUT2D eigenvalue weighted by molar-refractivity contribution is 0.212. The van der Waals surface area contributed by atoms with E-state index in [1.54, 1.807) is 0 Å². The number of anilines is 2. The van der Waals surface area contributed by atoms with Crippen molar-refractivity contribution < 1.29 is 22.8 Å². The second kappa shape index (κ2) is 9.66. The highest BCUT2D eigenvalue weighted by Gasteiger charge is 2.11. The van der Waals surface area contributed by atoms with E-state index in [-0.39, 0.29) is 23.1 Å². The molecule has 0 bridgehead atoms. The summed E-state index contributed by atoms with van der Waals surface area (Å²) in [5.41, 5.74) is 0.130. The average molecular weight is 369 g/mol. The van der Waals surface area contributed by atoms with Crippen molar-refractivity contribution in [2.24, 2.45) is 0 Å². The Morgan fingerprint density at radius 1 is 1.31 bits per heavy atom. The lowest BCUT2D eigenvalue weighted by Crippen LogP contribution is -2.28. The Balaban J connectivity index is 1.86. The van der Waals surface area contributed by atoms with Gasteiger partial charge in [0, 0.05) is 18.7 Å². The smallest absolute Gasteiger partial charge is 0.324 e. The van der Waals surface area contributed by atoms with Gasteiger partial charge in [0.2, 0.25) is 0 Å². The van der Waals surface area contributed by atoms with Gasteiger partial charge in [0.1, 0.15) is 6.61 Å². The maximum atomic E-state index is 14.0. The molecule has 0 atom stereocenters. The first-order chi connectivity index (χ1) is 12.5. The number of nitrogens with one attached hydrogen (secondary N) is 2.